The Hall–Kier alpha value is -1.32. The fourth-order valence-corrected chi connectivity index (χ4v) is 2.16. The molecular formula is C14H16ClN3. The maximum absolute atomic E-state index is 6.09. The van der Waals surface area contributed by atoms with Crippen LogP contribution in [-0.2, 0) is 6.54 Å². The van der Waals surface area contributed by atoms with Gasteiger partial charge in [0.2, 0.25) is 0 Å². The molecule has 0 bridgehead atoms. The molecule has 0 unspecified atom stereocenters. The van der Waals surface area contributed by atoms with E-state index in [1.165, 1.54) is 18.4 Å². The van der Waals surface area contributed by atoms with Crippen molar-refractivity contribution in [1.29, 1.82) is 0 Å². The van der Waals surface area contributed by atoms with Crippen LogP contribution in [-0.4, -0.2) is 15.8 Å². The molecule has 0 radical (unpaired) electrons. The molecule has 0 saturated heterocycles. The first-order chi connectivity index (χ1) is 8.72. The van der Waals surface area contributed by atoms with Crippen molar-refractivity contribution in [3.63, 3.8) is 0 Å². The summed E-state index contributed by atoms with van der Waals surface area (Å²) in [6.07, 6.45) is 4.56. The molecule has 18 heavy (non-hydrogen) atoms. The lowest BCUT2D eigenvalue weighted by Crippen LogP contribution is -2.17. The van der Waals surface area contributed by atoms with E-state index in [2.05, 4.69) is 16.5 Å². The first-order valence-corrected chi connectivity index (χ1v) is 6.64. The van der Waals surface area contributed by atoms with Gasteiger partial charge in [0.05, 0.1) is 11.4 Å². The molecule has 1 aromatic carbocycles. The van der Waals surface area contributed by atoms with Crippen LogP contribution in [0.5, 0.6) is 0 Å². The van der Waals surface area contributed by atoms with E-state index in [4.69, 9.17) is 11.6 Å². The van der Waals surface area contributed by atoms with E-state index in [-0.39, 0.29) is 0 Å². The standard InChI is InChI=1S/C14H16ClN3/c1-10-6-7-18(17-10)14-8-12(15)3-2-11(14)9-16-13-4-5-13/h2-3,6-8,13,16H,4-5,9H2,1H3. The molecule has 1 fully saturated rings. The van der Waals surface area contributed by atoms with Crippen LogP contribution >= 0.6 is 11.6 Å². The smallest absolute Gasteiger partial charge is 0.0705 e. The summed E-state index contributed by atoms with van der Waals surface area (Å²) in [5, 5.41) is 8.72. The van der Waals surface area contributed by atoms with Gasteiger partial charge in [0, 0.05) is 23.8 Å². The zero-order chi connectivity index (χ0) is 12.5. The van der Waals surface area contributed by atoms with Crippen LogP contribution in [0.3, 0.4) is 0 Å². The molecule has 1 heterocycles. The Labute approximate surface area is 112 Å². The Bertz CT molecular complexity index is 558. The molecule has 1 aliphatic rings. The minimum absolute atomic E-state index is 0.702. The summed E-state index contributed by atoms with van der Waals surface area (Å²) in [5.74, 6) is 0. The maximum Gasteiger partial charge on any atom is 0.0705 e. The van der Waals surface area contributed by atoms with Gasteiger partial charge in [0.15, 0.2) is 0 Å². The van der Waals surface area contributed by atoms with Crippen LogP contribution in [0.25, 0.3) is 5.69 Å². The van der Waals surface area contributed by atoms with E-state index < -0.39 is 0 Å². The first kappa shape index (κ1) is 11.8. The van der Waals surface area contributed by atoms with Gasteiger partial charge in [-0.2, -0.15) is 5.10 Å². The molecule has 2 aromatic rings. The topological polar surface area (TPSA) is 29.9 Å². The molecule has 0 aliphatic heterocycles. The molecule has 3 rings (SSSR count). The highest BCUT2D eigenvalue weighted by Gasteiger charge is 2.20. The summed E-state index contributed by atoms with van der Waals surface area (Å²) in [6.45, 7) is 2.86. The third-order valence-corrected chi connectivity index (χ3v) is 3.41. The van der Waals surface area contributed by atoms with Crippen molar-refractivity contribution in [2.75, 3.05) is 0 Å². The van der Waals surface area contributed by atoms with Gasteiger partial charge in [-0.25, -0.2) is 4.68 Å². The predicted molar refractivity (Wildman–Crippen MR) is 73.2 cm³/mol. The average Bonchev–Trinajstić information content (AvgIpc) is 3.09. The minimum atomic E-state index is 0.702. The summed E-state index contributed by atoms with van der Waals surface area (Å²) < 4.78 is 1.89. The van der Waals surface area contributed by atoms with E-state index >= 15 is 0 Å². The van der Waals surface area contributed by atoms with Gasteiger partial charge in [0.25, 0.3) is 0 Å². The van der Waals surface area contributed by atoms with Crippen LogP contribution in [0.1, 0.15) is 24.1 Å². The third kappa shape index (κ3) is 2.57. The summed E-state index contributed by atoms with van der Waals surface area (Å²) in [5.41, 5.74) is 3.30. The second kappa shape index (κ2) is 4.75. The first-order valence-electron chi connectivity index (χ1n) is 6.27. The number of aromatic nitrogens is 2. The van der Waals surface area contributed by atoms with Crippen molar-refractivity contribution < 1.29 is 0 Å². The van der Waals surface area contributed by atoms with E-state index in [0.29, 0.717) is 6.04 Å². The highest BCUT2D eigenvalue weighted by atomic mass is 35.5. The summed E-state index contributed by atoms with van der Waals surface area (Å²) in [6, 6.07) is 8.68. The monoisotopic (exact) mass is 261 g/mol. The fourth-order valence-electron chi connectivity index (χ4n) is 1.99. The highest BCUT2D eigenvalue weighted by Crippen LogP contribution is 2.23. The second-order valence-electron chi connectivity index (χ2n) is 4.83. The quantitative estimate of drug-likeness (QED) is 0.917. The Morgan fingerprint density at radius 1 is 1.39 bits per heavy atom. The number of hydrogen-bond donors (Lipinski definition) is 1. The lowest BCUT2D eigenvalue weighted by atomic mass is 10.1. The van der Waals surface area contributed by atoms with Gasteiger partial charge >= 0.3 is 0 Å². The van der Waals surface area contributed by atoms with Crippen LogP contribution in [0.15, 0.2) is 30.5 Å². The molecule has 0 atom stereocenters. The molecule has 1 N–H and O–H groups in total. The van der Waals surface area contributed by atoms with Crippen LogP contribution in [0.4, 0.5) is 0 Å². The van der Waals surface area contributed by atoms with Crippen molar-refractivity contribution >= 4 is 11.6 Å². The Balaban J connectivity index is 1.91. The highest BCUT2D eigenvalue weighted by molar-refractivity contribution is 6.30. The molecule has 94 valence electrons. The average molecular weight is 262 g/mol. The van der Waals surface area contributed by atoms with Crippen molar-refractivity contribution in [3.05, 3.63) is 46.7 Å². The Morgan fingerprint density at radius 3 is 2.89 bits per heavy atom. The molecule has 0 spiro atoms. The molecule has 1 saturated carbocycles. The molecule has 1 aliphatic carbocycles. The molecule has 3 nitrogen and oxygen atoms in total. The summed E-state index contributed by atoms with van der Waals surface area (Å²) >= 11 is 6.09. The lowest BCUT2D eigenvalue weighted by molar-refractivity contribution is 0.681. The van der Waals surface area contributed by atoms with Crippen molar-refractivity contribution in [1.82, 2.24) is 15.1 Å². The van der Waals surface area contributed by atoms with Gasteiger partial charge in [0.1, 0.15) is 0 Å². The van der Waals surface area contributed by atoms with Crippen LogP contribution in [0.2, 0.25) is 5.02 Å². The van der Waals surface area contributed by atoms with E-state index in [1.807, 2.05) is 36.0 Å². The largest absolute Gasteiger partial charge is 0.310 e. The molecule has 0 amide bonds. The van der Waals surface area contributed by atoms with Gasteiger partial charge in [-0.3, -0.25) is 0 Å². The minimum Gasteiger partial charge on any atom is -0.310 e. The van der Waals surface area contributed by atoms with Crippen molar-refractivity contribution in [2.45, 2.75) is 32.4 Å². The normalized spacial score (nSPS) is 15.0. The lowest BCUT2D eigenvalue weighted by Gasteiger charge is -2.11. The van der Waals surface area contributed by atoms with E-state index in [1.54, 1.807) is 0 Å². The number of hydrogen-bond acceptors (Lipinski definition) is 2. The number of nitrogens with zero attached hydrogens (tertiary/aromatic N) is 2. The van der Waals surface area contributed by atoms with Gasteiger partial charge in [-0.1, -0.05) is 17.7 Å². The number of aryl methyl sites for hydroxylation is 1. The third-order valence-electron chi connectivity index (χ3n) is 3.18. The molecule has 4 heteroatoms. The number of halogens is 1. The van der Waals surface area contributed by atoms with Crippen LogP contribution in [0, 0.1) is 6.92 Å². The predicted octanol–water partition coefficient (Wildman–Crippen LogP) is 3.09. The number of rotatable bonds is 4. The zero-order valence-electron chi connectivity index (χ0n) is 10.4. The Morgan fingerprint density at radius 2 is 2.22 bits per heavy atom. The Kier molecular flexibility index (Phi) is 3.10. The summed E-state index contributed by atoms with van der Waals surface area (Å²) in [7, 11) is 0. The van der Waals surface area contributed by atoms with E-state index in [9.17, 15) is 0 Å². The number of nitrogens with one attached hydrogen (secondary N) is 1. The maximum atomic E-state index is 6.09. The second-order valence-corrected chi connectivity index (χ2v) is 5.27. The SMILES string of the molecule is Cc1ccn(-c2cc(Cl)ccc2CNC2CC2)n1. The van der Waals surface area contributed by atoms with Gasteiger partial charge in [-0.05, 0) is 43.5 Å². The van der Waals surface area contributed by atoms with E-state index in [0.717, 1.165) is 22.9 Å². The van der Waals surface area contributed by atoms with Crippen molar-refractivity contribution in [3.8, 4) is 5.69 Å². The zero-order valence-corrected chi connectivity index (χ0v) is 11.1. The van der Waals surface area contributed by atoms with Crippen LogP contribution < -0.4 is 5.32 Å². The summed E-state index contributed by atoms with van der Waals surface area (Å²) in [4.78, 5) is 0. The van der Waals surface area contributed by atoms with Gasteiger partial charge < -0.3 is 5.32 Å². The molecule has 1 aromatic heterocycles. The number of benzene rings is 1. The fraction of sp³-hybridized carbons (Fsp3) is 0.357. The molecular weight excluding hydrogens is 246 g/mol. The van der Waals surface area contributed by atoms with Crippen molar-refractivity contribution in [2.24, 2.45) is 0 Å². The van der Waals surface area contributed by atoms with Gasteiger partial charge in [-0.15, -0.1) is 0 Å².